The summed E-state index contributed by atoms with van der Waals surface area (Å²) < 4.78 is 17.1. The SMILES string of the molecule is CCCCCCCCCCCCCC[C@@H](O)[C@@H](C)[C@H](COC1OC(CO)C(O)C(O)C1O)c1ncc(CCCCCCCCCCC2CCOC2)[nH]1. The molecule has 3 heterocycles. The van der Waals surface area contributed by atoms with Crippen molar-refractivity contribution in [3.05, 3.63) is 17.7 Å². The highest BCUT2D eigenvalue weighted by atomic mass is 16.7. The van der Waals surface area contributed by atoms with Crippen molar-refractivity contribution in [3.8, 4) is 0 Å². The Bertz CT molecular complexity index is 989. The van der Waals surface area contributed by atoms with E-state index in [1.165, 1.54) is 122 Å². The van der Waals surface area contributed by atoms with Gasteiger partial charge in [-0.05, 0) is 43.9 Å². The summed E-state index contributed by atoms with van der Waals surface area (Å²) >= 11 is 0. The second-order valence-electron chi connectivity index (χ2n) is 16.1. The van der Waals surface area contributed by atoms with E-state index in [2.05, 4.69) is 11.9 Å². The van der Waals surface area contributed by atoms with E-state index in [4.69, 9.17) is 19.2 Å². The van der Waals surface area contributed by atoms with Crippen molar-refractivity contribution in [1.29, 1.82) is 0 Å². The zero-order valence-corrected chi connectivity index (χ0v) is 33.0. The standard InChI is InChI=1S/C42H78N2O8/c1-3-4-5-6-7-8-9-10-11-16-19-22-25-36(46)32(2)35(31-51-42-40(49)39(48)38(47)37(29-45)52-42)41-43-28-34(44-41)24-21-18-15-13-12-14-17-20-23-33-26-27-50-30-33/h28,32-33,35-40,42,45-49H,3-27,29-31H2,1-2H3,(H,43,44)/t32-,33?,35-,36+,37?,38?,39?,40?,42?/m0/s1. The molecular weight excluding hydrogens is 660 g/mol. The van der Waals surface area contributed by atoms with E-state index in [9.17, 15) is 25.5 Å². The molecule has 0 bridgehead atoms. The highest BCUT2D eigenvalue weighted by Crippen LogP contribution is 2.31. The zero-order chi connectivity index (χ0) is 37.4. The molecule has 6 unspecified atom stereocenters. The maximum Gasteiger partial charge on any atom is 0.186 e. The van der Waals surface area contributed by atoms with Crippen LogP contribution in [0.15, 0.2) is 6.20 Å². The van der Waals surface area contributed by atoms with E-state index < -0.39 is 43.4 Å². The summed E-state index contributed by atoms with van der Waals surface area (Å²) in [7, 11) is 0. The van der Waals surface area contributed by atoms with Crippen molar-refractivity contribution >= 4 is 0 Å². The Hall–Kier alpha value is -1.11. The molecule has 10 nitrogen and oxygen atoms in total. The quantitative estimate of drug-likeness (QED) is 0.0425. The average molecular weight is 739 g/mol. The number of H-pyrrole nitrogens is 1. The lowest BCUT2D eigenvalue weighted by atomic mass is 9.86. The van der Waals surface area contributed by atoms with Gasteiger partial charge in [0.15, 0.2) is 6.29 Å². The van der Waals surface area contributed by atoms with Crippen LogP contribution in [0.4, 0.5) is 0 Å². The van der Waals surface area contributed by atoms with Gasteiger partial charge in [0.2, 0.25) is 0 Å². The number of imidazole rings is 1. The molecule has 3 rings (SSSR count). The molecule has 0 amide bonds. The van der Waals surface area contributed by atoms with E-state index in [1.807, 2.05) is 13.1 Å². The zero-order valence-electron chi connectivity index (χ0n) is 33.0. The third-order valence-electron chi connectivity index (χ3n) is 11.7. The number of hydrogen-bond donors (Lipinski definition) is 6. The van der Waals surface area contributed by atoms with Gasteiger partial charge in [0, 0.05) is 31.0 Å². The summed E-state index contributed by atoms with van der Waals surface area (Å²) in [6.07, 6.45) is 24.2. The number of nitrogens with one attached hydrogen (secondary N) is 1. The minimum Gasteiger partial charge on any atom is -0.394 e. The number of aryl methyl sites for hydroxylation is 1. The molecule has 2 saturated heterocycles. The molecule has 52 heavy (non-hydrogen) atoms. The third-order valence-corrected chi connectivity index (χ3v) is 11.7. The molecule has 9 atom stereocenters. The van der Waals surface area contributed by atoms with E-state index in [-0.39, 0.29) is 18.4 Å². The van der Waals surface area contributed by atoms with Crippen LogP contribution in [0.2, 0.25) is 0 Å². The number of aliphatic hydroxyl groups excluding tert-OH is 5. The maximum absolute atomic E-state index is 11.3. The van der Waals surface area contributed by atoms with Gasteiger partial charge in [-0.2, -0.15) is 0 Å². The topological polar surface area (TPSA) is 158 Å². The first-order chi connectivity index (χ1) is 25.3. The molecule has 2 aliphatic rings. The van der Waals surface area contributed by atoms with Crippen molar-refractivity contribution in [1.82, 2.24) is 9.97 Å². The van der Waals surface area contributed by atoms with Gasteiger partial charge in [0.1, 0.15) is 30.2 Å². The molecule has 0 aromatic carbocycles. The molecule has 0 saturated carbocycles. The van der Waals surface area contributed by atoms with Gasteiger partial charge in [-0.1, -0.05) is 136 Å². The molecule has 2 aliphatic heterocycles. The molecule has 0 aliphatic carbocycles. The molecule has 10 heteroatoms. The number of unbranched alkanes of at least 4 members (excludes halogenated alkanes) is 18. The van der Waals surface area contributed by atoms with E-state index in [0.717, 1.165) is 56.3 Å². The summed E-state index contributed by atoms with van der Waals surface area (Å²) in [5.41, 5.74) is 1.06. The predicted molar refractivity (Wildman–Crippen MR) is 206 cm³/mol. The van der Waals surface area contributed by atoms with Crippen molar-refractivity contribution in [3.63, 3.8) is 0 Å². The Morgan fingerprint density at radius 1 is 0.808 bits per heavy atom. The number of ether oxygens (including phenoxy) is 3. The second kappa shape index (κ2) is 27.5. The van der Waals surface area contributed by atoms with Crippen LogP contribution in [-0.4, -0.2) is 98.7 Å². The number of aliphatic hydroxyl groups is 5. The molecular formula is C42H78N2O8. The molecule has 6 N–H and O–H groups in total. The fraction of sp³-hybridized carbons (Fsp3) is 0.929. The summed E-state index contributed by atoms with van der Waals surface area (Å²) in [5.74, 6) is 1.02. The lowest BCUT2D eigenvalue weighted by Crippen LogP contribution is -2.59. The predicted octanol–water partition coefficient (Wildman–Crippen LogP) is 7.49. The minimum absolute atomic E-state index is 0.0841. The molecule has 2 fully saturated rings. The van der Waals surface area contributed by atoms with Crippen LogP contribution in [0, 0.1) is 11.8 Å². The summed E-state index contributed by atoms with van der Waals surface area (Å²) in [6.45, 7) is 5.76. The first-order valence-corrected chi connectivity index (χ1v) is 21.6. The Balaban J connectivity index is 1.41. The average Bonchev–Trinajstić information content (AvgIpc) is 3.85. The van der Waals surface area contributed by atoms with Crippen LogP contribution >= 0.6 is 0 Å². The molecule has 1 aromatic rings. The fourth-order valence-electron chi connectivity index (χ4n) is 7.92. The van der Waals surface area contributed by atoms with Crippen molar-refractivity contribution in [2.75, 3.05) is 26.4 Å². The van der Waals surface area contributed by atoms with Crippen LogP contribution in [0.25, 0.3) is 0 Å². The maximum atomic E-state index is 11.3. The summed E-state index contributed by atoms with van der Waals surface area (Å²) in [4.78, 5) is 8.23. The molecule has 0 radical (unpaired) electrons. The Kier molecular flexibility index (Phi) is 23.9. The number of aromatic nitrogens is 2. The highest BCUT2D eigenvalue weighted by Gasteiger charge is 2.44. The second-order valence-corrected chi connectivity index (χ2v) is 16.1. The van der Waals surface area contributed by atoms with Crippen LogP contribution in [-0.2, 0) is 20.6 Å². The van der Waals surface area contributed by atoms with E-state index >= 15 is 0 Å². The lowest BCUT2D eigenvalue weighted by Gasteiger charge is -2.40. The molecule has 0 spiro atoms. The molecule has 304 valence electrons. The van der Waals surface area contributed by atoms with Crippen molar-refractivity contribution in [2.45, 2.75) is 211 Å². The Labute approximate surface area is 315 Å². The Morgan fingerprint density at radius 3 is 2.00 bits per heavy atom. The minimum atomic E-state index is -1.50. The first-order valence-electron chi connectivity index (χ1n) is 21.6. The van der Waals surface area contributed by atoms with Crippen LogP contribution in [0.3, 0.4) is 0 Å². The van der Waals surface area contributed by atoms with Gasteiger partial charge < -0.3 is 44.7 Å². The summed E-state index contributed by atoms with van der Waals surface area (Å²) in [5, 5.41) is 52.0. The van der Waals surface area contributed by atoms with Crippen LogP contribution in [0.5, 0.6) is 0 Å². The van der Waals surface area contributed by atoms with E-state index in [0.29, 0.717) is 6.42 Å². The van der Waals surface area contributed by atoms with Crippen molar-refractivity contribution < 1.29 is 39.7 Å². The Morgan fingerprint density at radius 2 is 1.40 bits per heavy atom. The number of hydrogen-bond acceptors (Lipinski definition) is 9. The smallest absolute Gasteiger partial charge is 0.186 e. The van der Waals surface area contributed by atoms with Gasteiger partial charge in [0.25, 0.3) is 0 Å². The van der Waals surface area contributed by atoms with Gasteiger partial charge in [-0.3, -0.25) is 0 Å². The lowest BCUT2D eigenvalue weighted by molar-refractivity contribution is -0.302. The normalized spacial score (nSPS) is 25.4. The number of rotatable bonds is 31. The van der Waals surface area contributed by atoms with Gasteiger partial charge in [-0.25, -0.2) is 4.98 Å². The third kappa shape index (κ3) is 17.1. The number of nitrogens with zero attached hydrogens (tertiary/aromatic N) is 1. The van der Waals surface area contributed by atoms with Gasteiger partial charge in [0.05, 0.1) is 19.3 Å². The van der Waals surface area contributed by atoms with Gasteiger partial charge in [-0.15, -0.1) is 0 Å². The van der Waals surface area contributed by atoms with Crippen LogP contribution in [0.1, 0.15) is 179 Å². The molecule has 1 aromatic heterocycles. The van der Waals surface area contributed by atoms with E-state index in [1.54, 1.807) is 0 Å². The number of aromatic amines is 1. The fourth-order valence-corrected chi connectivity index (χ4v) is 7.92. The van der Waals surface area contributed by atoms with Crippen LogP contribution < -0.4 is 0 Å². The van der Waals surface area contributed by atoms with Gasteiger partial charge >= 0.3 is 0 Å². The van der Waals surface area contributed by atoms with Crippen molar-refractivity contribution in [2.24, 2.45) is 11.8 Å². The largest absolute Gasteiger partial charge is 0.394 e. The summed E-state index contributed by atoms with van der Waals surface area (Å²) in [6, 6.07) is 0. The monoisotopic (exact) mass is 739 g/mol. The highest BCUT2D eigenvalue weighted by molar-refractivity contribution is 5.08. The first kappa shape index (κ1) is 45.3.